The van der Waals surface area contributed by atoms with Gasteiger partial charge in [0.05, 0.1) is 10.6 Å². The highest BCUT2D eigenvalue weighted by molar-refractivity contribution is 7.89. The Labute approximate surface area is 126 Å². The molecular formula is C15H21N3O2S. The zero-order valence-electron chi connectivity index (χ0n) is 12.9. The fraction of sp³-hybridized carbons (Fsp3) is 0.400. The van der Waals surface area contributed by atoms with Crippen molar-refractivity contribution in [2.45, 2.75) is 25.2 Å². The lowest BCUT2D eigenvalue weighted by Gasteiger charge is -2.17. The van der Waals surface area contributed by atoms with Crippen LogP contribution in [0.3, 0.4) is 0 Å². The molecule has 0 amide bonds. The van der Waals surface area contributed by atoms with E-state index in [-0.39, 0.29) is 0 Å². The summed E-state index contributed by atoms with van der Waals surface area (Å²) in [4.78, 5) is 0.326. The van der Waals surface area contributed by atoms with Crippen molar-refractivity contribution in [3.8, 4) is 0 Å². The second kappa shape index (κ2) is 5.99. The van der Waals surface area contributed by atoms with Crippen LogP contribution in [0, 0.1) is 13.8 Å². The normalized spacial score (nSPS) is 12.0. The molecule has 0 saturated carbocycles. The quantitative estimate of drug-likeness (QED) is 0.848. The van der Waals surface area contributed by atoms with Gasteiger partial charge in [0.1, 0.15) is 0 Å². The highest BCUT2D eigenvalue weighted by Gasteiger charge is 2.21. The Bertz CT molecular complexity index is 721. The molecule has 0 radical (unpaired) electrons. The highest BCUT2D eigenvalue weighted by atomic mass is 32.2. The van der Waals surface area contributed by atoms with E-state index in [1.165, 1.54) is 4.31 Å². The maximum Gasteiger partial charge on any atom is 0.242 e. The van der Waals surface area contributed by atoms with E-state index in [1.54, 1.807) is 37.4 Å². The summed E-state index contributed by atoms with van der Waals surface area (Å²) in [6, 6.07) is 8.51. The van der Waals surface area contributed by atoms with E-state index >= 15 is 0 Å². The fourth-order valence-corrected chi connectivity index (χ4v) is 3.53. The minimum absolute atomic E-state index is 0.326. The molecule has 0 aliphatic heterocycles. The SMILES string of the molecule is Cc1nn(C)c(C)c1CCN(C)S(=O)(=O)c1ccccc1. The molecule has 0 N–H and O–H groups in total. The predicted octanol–water partition coefficient (Wildman–Crippen LogP) is 1.90. The molecule has 114 valence electrons. The molecule has 5 nitrogen and oxygen atoms in total. The first-order valence-electron chi connectivity index (χ1n) is 6.84. The van der Waals surface area contributed by atoms with Crippen LogP contribution in [0.4, 0.5) is 0 Å². The van der Waals surface area contributed by atoms with Gasteiger partial charge in [-0.05, 0) is 38.0 Å². The third-order valence-corrected chi connectivity index (χ3v) is 5.66. The maximum absolute atomic E-state index is 12.4. The summed E-state index contributed by atoms with van der Waals surface area (Å²) in [5.74, 6) is 0. The molecule has 0 aliphatic rings. The van der Waals surface area contributed by atoms with Gasteiger partial charge in [-0.1, -0.05) is 18.2 Å². The van der Waals surface area contributed by atoms with Gasteiger partial charge >= 0.3 is 0 Å². The van der Waals surface area contributed by atoms with E-state index in [0.29, 0.717) is 17.9 Å². The summed E-state index contributed by atoms with van der Waals surface area (Å²) in [6.07, 6.45) is 0.661. The van der Waals surface area contributed by atoms with Crippen molar-refractivity contribution in [1.29, 1.82) is 0 Å². The summed E-state index contributed by atoms with van der Waals surface area (Å²) >= 11 is 0. The second-order valence-electron chi connectivity index (χ2n) is 5.16. The molecule has 0 bridgehead atoms. The van der Waals surface area contributed by atoms with Gasteiger partial charge in [0.2, 0.25) is 10.0 Å². The fourth-order valence-electron chi connectivity index (χ4n) is 2.34. The van der Waals surface area contributed by atoms with Gasteiger partial charge in [0.25, 0.3) is 0 Å². The Morgan fingerprint density at radius 1 is 1.19 bits per heavy atom. The van der Waals surface area contributed by atoms with Crippen LogP contribution >= 0.6 is 0 Å². The zero-order chi connectivity index (χ0) is 15.6. The van der Waals surface area contributed by atoms with E-state index in [0.717, 1.165) is 17.0 Å². The highest BCUT2D eigenvalue weighted by Crippen LogP contribution is 2.16. The molecular weight excluding hydrogens is 286 g/mol. The average Bonchev–Trinajstić information content (AvgIpc) is 2.70. The Balaban J connectivity index is 2.13. The number of aromatic nitrogens is 2. The van der Waals surface area contributed by atoms with Crippen LogP contribution < -0.4 is 0 Å². The third-order valence-electron chi connectivity index (χ3n) is 3.79. The summed E-state index contributed by atoms with van der Waals surface area (Å²) in [6.45, 7) is 4.39. The number of aryl methyl sites for hydroxylation is 2. The van der Waals surface area contributed by atoms with Crippen LogP contribution in [0.15, 0.2) is 35.2 Å². The number of hydrogen-bond donors (Lipinski definition) is 0. The third kappa shape index (κ3) is 3.16. The molecule has 0 fully saturated rings. The summed E-state index contributed by atoms with van der Waals surface area (Å²) < 4.78 is 28.1. The smallest absolute Gasteiger partial charge is 0.242 e. The number of hydrogen-bond acceptors (Lipinski definition) is 3. The van der Waals surface area contributed by atoms with Crippen molar-refractivity contribution >= 4 is 10.0 Å². The number of nitrogens with zero attached hydrogens (tertiary/aromatic N) is 3. The minimum atomic E-state index is -3.42. The van der Waals surface area contributed by atoms with Crippen molar-refractivity contribution in [2.75, 3.05) is 13.6 Å². The van der Waals surface area contributed by atoms with Crippen molar-refractivity contribution in [3.05, 3.63) is 47.3 Å². The van der Waals surface area contributed by atoms with Gasteiger partial charge in [-0.3, -0.25) is 4.68 Å². The largest absolute Gasteiger partial charge is 0.272 e. The van der Waals surface area contributed by atoms with Crippen molar-refractivity contribution in [3.63, 3.8) is 0 Å². The first-order valence-corrected chi connectivity index (χ1v) is 8.28. The molecule has 0 spiro atoms. The molecule has 1 aromatic carbocycles. The first kappa shape index (κ1) is 15.7. The van der Waals surface area contributed by atoms with Crippen molar-refractivity contribution in [2.24, 2.45) is 7.05 Å². The van der Waals surface area contributed by atoms with Gasteiger partial charge in [-0.25, -0.2) is 12.7 Å². The monoisotopic (exact) mass is 307 g/mol. The Hall–Kier alpha value is -1.66. The van der Waals surface area contributed by atoms with E-state index in [2.05, 4.69) is 5.10 Å². The topological polar surface area (TPSA) is 55.2 Å². The molecule has 1 heterocycles. The van der Waals surface area contributed by atoms with Crippen LogP contribution in [0.25, 0.3) is 0 Å². The Morgan fingerprint density at radius 3 is 2.33 bits per heavy atom. The standard InChI is InChI=1S/C15H21N3O2S/c1-12-15(13(2)18(4)16-12)10-11-17(3)21(19,20)14-8-6-5-7-9-14/h5-9H,10-11H2,1-4H3. The van der Waals surface area contributed by atoms with E-state index < -0.39 is 10.0 Å². The summed E-state index contributed by atoms with van der Waals surface area (Å²) in [7, 11) is 0.0916. The molecule has 0 aliphatic carbocycles. The van der Waals surface area contributed by atoms with Gasteiger partial charge in [0, 0.05) is 26.3 Å². The van der Waals surface area contributed by atoms with Crippen molar-refractivity contribution in [1.82, 2.24) is 14.1 Å². The Morgan fingerprint density at radius 2 is 1.81 bits per heavy atom. The first-order chi connectivity index (χ1) is 9.84. The minimum Gasteiger partial charge on any atom is -0.272 e. The number of likely N-dealkylation sites (N-methyl/N-ethyl adjacent to an activating group) is 1. The lowest BCUT2D eigenvalue weighted by atomic mass is 10.1. The second-order valence-corrected chi connectivity index (χ2v) is 7.21. The molecule has 0 unspecified atom stereocenters. The lowest BCUT2D eigenvalue weighted by Crippen LogP contribution is -2.29. The molecule has 0 atom stereocenters. The number of benzene rings is 1. The summed E-state index contributed by atoms with van der Waals surface area (Å²) in [5.41, 5.74) is 3.16. The van der Waals surface area contributed by atoms with Gasteiger partial charge in [0.15, 0.2) is 0 Å². The van der Waals surface area contributed by atoms with E-state index in [1.807, 2.05) is 25.6 Å². The van der Waals surface area contributed by atoms with Crippen molar-refractivity contribution < 1.29 is 8.42 Å². The van der Waals surface area contributed by atoms with Crippen LogP contribution in [0.5, 0.6) is 0 Å². The number of rotatable bonds is 5. The Kier molecular flexibility index (Phi) is 4.49. The van der Waals surface area contributed by atoms with Gasteiger partial charge < -0.3 is 0 Å². The lowest BCUT2D eigenvalue weighted by molar-refractivity contribution is 0.472. The molecule has 0 saturated heterocycles. The molecule has 21 heavy (non-hydrogen) atoms. The molecule has 6 heteroatoms. The van der Waals surface area contributed by atoms with Crippen LogP contribution in [0.2, 0.25) is 0 Å². The zero-order valence-corrected chi connectivity index (χ0v) is 13.7. The van der Waals surface area contributed by atoms with E-state index in [9.17, 15) is 8.42 Å². The van der Waals surface area contributed by atoms with Crippen LogP contribution in [-0.4, -0.2) is 36.1 Å². The van der Waals surface area contributed by atoms with Gasteiger partial charge in [-0.2, -0.15) is 5.10 Å². The molecule has 1 aromatic heterocycles. The molecule has 2 rings (SSSR count). The van der Waals surface area contributed by atoms with Crippen LogP contribution in [0.1, 0.15) is 17.0 Å². The van der Waals surface area contributed by atoms with E-state index in [4.69, 9.17) is 0 Å². The maximum atomic E-state index is 12.4. The number of sulfonamides is 1. The van der Waals surface area contributed by atoms with Gasteiger partial charge in [-0.15, -0.1) is 0 Å². The van der Waals surface area contributed by atoms with Crippen LogP contribution in [-0.2, 0) is 23.5 Å². The predicted molar refractivity (Wildman–Crippen MR) is 82.6 cm³/mol. The summed E-state index contributed by atoms with van der Waals surface area (Å²) in [5, 5.41) is 4.36. The molecule has 2 aromatic rings. The average molecular weight is 307 g/mol.